The Morgan fingerprint density at radius 2 is 2.06 bits per heavy atom. The van der Waals surface area contributed by atoms with E-state index in [-0.39, 0.29) is 17.0 Å². The zero-order valence-electron chi connectivity index (χ0n) is 18.1. The summed E-state index contributed by atoms with van der Waals surface area (Å²) in [7, 11) is 1.70. The van der Waals surface area contributed by atoms with Gasteiger partial charge in [-0.05, 0) is 24.5 Å². The zero-order chi connectivity index (χ0) is 22.9. The average molecular weight is 444 g/mol. The number of hydrogen-bond donors (Lipinski definition) is 2. The molecular weight excluding hydrogens is 422 g/mol. The third-order valence-corrected chi connectivity index (χ3v) is 7.45. The summed E-state index contributed by atoms with van der Waals surface area (Å²) >= 11 is 0. The van der Waals surface area contributed by atoms with Gasteiger partial charge in [0.05, 0.1) is 16.9 Å². The second kappa shape index (κ2) is 6.96. The number of halogens is 2. The minimum Gasteiger partial charge on any atom is -0.388 e. The van der Waals surface area contributed by atoms with Crippen LogP contribution >= 0.6 is 0 Å². The van der Waals surface area contributed by atoms with Crippen molar-refractivity contribution in [1.82, 2.24) is 9.97 Å². The molecule has 3 aromatic rings. The van der Waals surface area contributed by atoms with Crippen LogP contribution in [0.5, 0.6) is 0 Å². The van der Waals surface area contributed by atoms with Crippen LogP contribution in [0, 0.1) is 28.4 Å². The number of benzene rings is 1. The summed E-state index contributed by atoms with van der Waals surface area (Å²) in [6.45, 7) is 1.53. The van der Waals surface area contributed by atoms with Gasteiger partial charge in [0, 0.05) is 90.6 Å². The Morgan fingerprint density at radius 1 is 1.24 bits per heavy atom. The van der Waals surface area contributed by atoms with Gasteiger partial charge in [0.15, 0.2) is 11.6 Å². The van der Waals surface area contributed by atoms with Gasteiger partial charge in [-0.25, -0.2) is 8.78 Å². The minimum absolute atomic E-state index is 0.0816. The highest BCUT2D eigenvalue weighted by Crippen LogP contribution is 2.56. The summed E-state index contributed by atoms with van der Waals surface area (Å²) < 4.78 is 29.9. The second-order valence-electron chi connectivity index (χ2n) is 9.26. The number of fused-ring (bicyclic) bond motifs is 3. The SMILES string of the molecule is CNc1cc(F)c(F)c2c1Cc1ncc(-c3cncc(C#N)c3)c(N3CCC4(C[C@H]4N)C3)c1-2. The number of nitrogens with zero attached hydrogens (tertiary/aromatic N) is 4. The molecule has 0 radical (unpaired) electrons. The largest absolute Gasteiger partial charge is 0.388 e. The molecule has 166 valence electrons. The van der Waals surface area contributed by atoms with Crippen molar-refractivity contribution in [2.24, 2.45) is 11.1 Å². The number of nitrogens with one attached hydrogen (secondary N) is 1. The third kappa shape index (κ3) is 2.85. The first-order chi connectivity index (χ1) is 16.0. The van der Waals surface area contributed by atoms with Gasteiger partial charge in [-0.1, -0.05) is 0 Å². The van der Waals surface area contributed by atoms with Gasteiger partial charge in [-0.15, -0.1) is 0 Å². The molecule has 2 aliphatic carbocycles. The molecule has 1 aromatic carbocycles. The van der Waals surface area contributed by atoms with E-state index in [1.165, 1.54) is 12.3 Å². The first-order valence-electron chi connectivity index (χ1n) is 11.0. The van der Waals surface area contributed by atoms with E-state index < -0.39 is 11.6 Å². The molecule has 3 aliphatic rings. The number of anilines is 2. The lowest BCUT2D eigenvalue weighted by atomic mass is 9.97. The standard InChI is InChI=1S/C25H22F2N6/c1-30-18-6-17(26)23(27)21-15(18)5-19-22(21)24(33-3-2-25(12-33)7-20(25)29)16(11-32-19)14-4-13(8-28)9-31-10-14/h4,6,9-11,20,30H,2-3,5,7,12,29H2,1H3/t20-,25?/m1/s1. The molecule has 1 saturated carbocycles. The van der Waals surface area contributed by atoms with Crippen LogP contribution in [-0.2, 0) is 6.42 Å². The van der Waals surface area contributed by atoms with Crippen molar-refractivity contribution >= 4 is 11.4 Å². The lowest BCUT2D eigenvalue weighted by Crippen LogP contribution is -2.24. The molecule has 3 N–H and O–H groups in total. The van der Waals surface area contributed by atoms with Crippen molar-refractivity contribution in [1.29, 1.82) is 5.26 Å². The molecule has 0 bridgehead atoms. The molecule has 8 heteroatoms. The maximum Gasteiger partial charge on any atom is 0.167 e. The molecular formula is C25H22F2N6. The molecule has 1 unspecified atom stereocenters. The van der Waals surface area contributed by atoms with Gasteiger partial charge in [0.25, 0.3) is 0 Å². The first kappa shape index (κ1) is 20.1. The first-order valence-corrected chi connectivity index (χ1v) is 11.0. The average Bonchev–Trinajstić information content (AvgIpc) is 3.16. The molecule has 2 fully saturated rings. The van der Waals surface area contributed by atoms with Crippen molar-refractivity contribution in [2.75, 3.05) is 30.4 Å². The van der Waals surface area contributed by atoms with E-state index in [4.69, 9.17) is 5.73 Å². The lowest BCUT2D eigenvalue weighted by Gasteiger charge is -2.26. The molecule has 1 saturated heterocycles. The lowest BCUT2D eigenvalue weighted by molar-refractivity contribution is 0.511. The van der Waals surface area contributed by atoms with Crippen LogP contribution in [0.2, 0.25) is 0 Å². The second-order valence-corrected chi connectivity index (χ2v) is 9.26. The predicted molar refractivity (Wildman–Crippen MR) is 122 cm³/mol. The Balaban J connectivity index is 1.62. The quantitative estimate of drug-likeness (QED) is 0.499. The summed E-state index contributed by atoms with van der Waals surface area (Å²) in [4.78, 5) is 11.1. The van der Waals surface area contributed by atoms with Crippen molar-refractivity contribution in [2.45, 2.75) is 25.3 Å². The topological polar surface area (TPSA) is 90.9 Å². The Bertz CT molecular complexity index is 1360. The highest BCUT2D eigenvalue weighted by molar-refractivity contribution is 5.97. The van der Waals surface area contributed by atoms with E-state index in [0.29, 0.717) is 28.8 Å². The van der Waals surface area contributed by atoms with Crippen LogP contribution in [-0.4, -0.2) is 36.1 Å². The van der Waals surface area contributed by atoms with Gasteiger partial charge < -0.3 is 16.0 Å². The molecule has 6 nitrogen and oxygen atoms in total. The minimum atomic E-state index is -0.891. The van der Waals surface area contributed by atoms with Crippen molar-refractivity contribution in [3.63, 3.8) is 0 Å². The molecule has 6 rings (SSSR count). The van der Waals surface area contributed by atoms with Crippen molar-refractivity contribution in [3.8, 4) is 28.3 Å². The van der Waals surface area contributed by atoms with E-state index in [1.807, 2.05) is 0 Å². The molecule has 1 spiro atoms. The van der Waals surface area contributed by atoms with E-state index in [0.717, 1.165) is 48.4 Å². The Hall–Kier alpha value is -3.57. The van der Waals surface area contributed by atoms with Gasteiger partial charge in [-0.3, -0.25) is 9.97 Å². The van der Waals surface area contributed by atoms with Gasteiger partial charge in [0.1, 0.15) is 6.07 Å². The molecule has 2 atom stereocenters. The van der Waals surface area contributed by atoms with Gasteiger partial charge in [-0.2, -0.15) is 5.26 Å². The summed E-state index contributed by atoms with van der Waals surface area (Å²) in [6.07, 6.45) is 7.30. The monoisotopic (exact) mass is 444 g/mol. The Kier molecular flexibility index (Phi) is 4.23. The number of rotatable bonds is 3. The van der Waals surface area contributed by atoms with Gasteiger partial charge in [0.2, 0.25) is 0 Å². The molecule has 2 aromatic heterocycles. The van der Waals surface area contributed by atoms with Crippen LogP contribution in [0.4, 0.5) is 20.2 Å². The number of aromatic nitrogens is 2. The fourth-order valence-electron chi connectivity index (χ4n) is 5.56. The summed E-state index contributed by atoms with van der Waals surface area (Å²) in [5.74, 6) is -1.75. The summed E-state index contributed by atoms with van der Waals surface area (Å²) in [6, 6.07) is 5.25. The highest BCUT2D eigenvalue weighted by Gasteiger charge is 2.56. The predicted octanol–water partition coefficient (Wildman–Crippen LogP) is 3.83. The number of nitrogens with two attached hydrogens (primary N) is 1. The number of pyridine rings is 2. The van der Waals surface area contributed by atoms with Gasteiger partial charge >= 0.3 is 0 Å². The number of nitriles is 1. The van der Waals surface area contributed by atoms with Crippen LogP contribution < -0.4 is 16.0 Å². The maximum absolute atomic E-state index is 15.3. The smallest absolute Gasteiger partial charge is 0.167 e. The maximum atomic E-state index is 15.3. The number of hydrogen-bond acceptors (Lipinski definition) is 6. The zero-order valence-corrected chi connectivity index (χ0v) is 18.1. The highest BCUT2D eigenvalue weighted by atomic mass is 19.2. The van der Waals surface area contributed by atoms with Crippen LogP contribution in [0.25, 0.3) is 22.3 Å². The van der Waals surface area contributed by atoms with E-state index in [9.17, 15) is 9.65 Å². The molecule has 1 aliphatic heterocycles. The molecule has 33 heavy (non-hydrogen) atoms. The van der Waals surface area contributed by atoms with E-state index in [1.54, 1.807) is 25.5 Å². The molecule has 3 heterocycles. The summed E-state index contributed by atoms with van der Waals surface area (Å²) in [5, 5.41) is 12.4. The van der Waals surface area contributed by atoms with E-state index in [2.05, 4.69) is 26.3 Å². The van der Waals surface area contributed by atoms with Crippen LogP contribution in [0.15, 0.2) is 30.7 Å². The molecule has 0 amide bonds. The Morgan fingerprint density at radius 3 is 2.76 bits per heavy atom. The van der Waals surface area contributed by atoms with Crippen molar-refractivity contribution in [3.05, 3.63) is 59.2 Å². The normalized spacial score (nSPS) is 22.3. The summed E-state index contributed by atoms with van der Waals surface area (Å²) in [5.41, 5.74) is 11.9. The Labute approximate surface area is 190 Å². The fourth-order valence-corrected chi connectivity index (χ4v) is 5.56. The van der Waals surface area contributed by atoms with E-state index >= 15 is 4.39 Å². The van der Waals surface area contributed by atoms with Crippen LogP contribution in [0.3, 0.4) is 0 Å². The van der Waals surface area contributed by atoms with Crippen LogP contribution in [0.1, 0.15) is 29.7 Å². The third-order valence-electron chi connectivity index (χ3n) is 7.45. The van der Waals surface area contributed by atoms with Crippen molar-refractivity contribution < 1.29 is 8.78 Å². The fraction of sp³-hybridized carbons (Fsp3) is 0.320.